The maximum atomic E-state index is 12.5. The number of hydrogen-bond donors (Lipinski definition) is 3. The summed E-state index contributed by atoms with van der Waals surface area (Å²) in [5.41, 5.74) is 4.83. The first-order chi connectivity index (χ1) is 12.1. The van der Waals surface area contributed by atoms with Crippen molar-refractivity contribution in [3.05, 3.63) is 65.4 Å². The van der Waals surface area contributed by atoms with Crippen LogP contribution < -0.4 is 10.6 Å². The van der Waals surface area contributed by atoms with Gasteiger partial charge in [-0.2, -0.15) is 0 Å². The van der Waals surface area contributed by atoms with Gasteiger partial charge in [-0.25, -0.2) is 0 Å². The summed E-state index contributed by atoms with van der Waals surface area (Å²) in [6.07, 6.45) is 1.64. The number of amides is 2. The van der Waals surface area contributed by atoms with Crippen LogP contribution in [0.15, 0.2) is 48.5 Å². The van der Waals surface area contributed by atoms with Crippen LogP contribution in [0.25, 0.3) is 10.9 Å². The Morgan fingerprint density at radius 1 is 1.08 bits per heavy atom. The molecule has 3 aromatic rings. The maximum Gasteiger partial charge on any atom is 0.251 e. The molecule has 4 rings (SSSR count). The van der Waals surface area contributed by atoms with Crippen LogP contribution in [0.1, 0.15) is 28.5 Å². The number of aromatic nitrogens is 1. The fraction of sp³-hybridized carbons (Fsp3) is 0.200. The number of anilines is 1. The molecule has 1 heterocycles. The fourth-order valence-corrected chi connectivity index (χ4v) is 3.54. The number of carbonyl (C=O) groups excluding carboxylic acids is 2. The predicted octanol–water partition coefficient (Wildman–Crippen LogP) is 3.02. The number of carbonyl (C=O) groups is 2. The minimum absolute atomic E-state index is 0.0859. The smallest absolute Gasteiger partial charge is 0.251 e. The highest BCUT2D eigenvalue weighted by molar-refractivity contribution is 5.97. The molecular formula is C20H19N3O2. The second kappa shape index (κ2) is 6.09. The van der Waals surface area contributed by atoms with Crippen molar-refractivity contribution < 1.29 is 9.59 Å². The van der Waals surface area contributed by atoms with E-state index >= 15 is 0 Å². The van der Waals surface area contributed by atoms with Crippen molar-refractivity contribution in [3.63, 3.8) is 0 Å². The standard InChI is InChI=1S/C20H19N3O2/c1-12(24)21-14-6-4-5-13(9-14)20(25)22-15-10-17-16-7-2-3-8-18(16)23-19(17)11-15/h2-9,15,23H,10-11H2,1H3,(H,21,24)(H,22,25). The summed E-state index contributed by atoms with van der Waals surface area (Å²) >= 11 is 0. The third-order valence-corrected chi connectivity index (χ3v) is 4.58. The molecule has 2 amide bonds. The molecular weight excluding hydrogens is 314 g/mol. The van der Waals surface area contributed by atoms with E-state index in [9.17, 15) is 9.59 Å². The molecule has 1 unspecified atom stereocenters. The van der Waals surface area contributed by atoms with Crippen LogP contribution in [-0.2, 0) is 17.6 Å². The average Bonchev–Trinajstić information content (AvgIpc) is 3.11. The molecule has 2 aromatic carbocycles. The highest BCUT2D eigenvalue weighted by Crippen LogP contribution is 2.30. The Kier molecular flexibility index (Phi) is 3.76. The van der Waals surface area contributed by atoms with Crippen LogP contribution >= 0.6 is 0 Å². The Balaban J connectivity index is 1.48. The first kappa shape index (κ1) is 15.4. The molecule has 0 bridgehead atoms. The van der Waals surface area contributed by atoms with Gasteiger partial charge >= 0.3 is 0 Å². The van der Waals surface area contributed by atoms with Gasteiger partial charge in [-0.15, -0.1) is 0 Å². The van der Waals surface area contributed by atoms with Crippen molar-refractivity contribution in [3.8, 4) is 0 Å². The Morgan fingerprint density at radius 3 is 2.76 bits per heavy atom. The second-order valence-electron chi connectivity index (χ2n) is 6.47. The summed E-state index contributed by atoms with van der Waals surface area (Å²) in [7, 11) is 0. The molecule has 0 radical (unpaired) electrons. The Labute approximate surface area is 145 Å². The van der Waals surface area contributed by atoms with Crippen LogP contribution in [0, 0.1) is 0 Å². The van der Waals surface area contributed by atoms with E-state index in [1.165, 1.54) is 23.6 Å². The number of aromatic amines is 1. The van der Waals surface area contributed by atoms with Gasteiger partial charge in [0.15, 0.2) is 0 Å². The lowest BCUT2D eigenvalue weighted by molar-refractivity contribution is -0.114. The van der Waals surface area contributed by atoms with Crippen molar-refractivity contribution in [2.45, 2.75) is 25.8 Å². The average molecular weight is 333 g/mol. The fourth-order valence-electron chi connectivity index (χ4n) is 3.54. The zero-order valence-corrected chi connectivity index (χ0v) is 13.9. The lowest BCUT2D eigenvalue weighted by Crippen LogP contribution is -2.35. The first-order valence-electron chi connectivity index (χ1n) is 8.37. The summed E-state index contributed by atoms with van der Waals surface area (Å²) in [6.45, 7) is 1.45. The topological polar surface area (TPSA) is 74.0 Å². The Hall–Kier alpha value is -3.08. The molecule has 1 aliphatic rings. The Bertz CT molecular complexity index is 974. The molecule has 5 nitrogen and oxygen atoms in total. The van der Waals surface area contributed by atoms with Gasteiger partial charge < -0.3 is 15.6 Å². The molecule has 0 saturated carbocycles. The van der Waals surface area contributed by atoms with Crippen molar-refractivity contribution >= 4 is 28.4 Å². The zero-order chi connectivity index (χ0) is 17.4. The number of para-hydroxylation sites is 1. The molecule has 5 heteroatoms. The zero-order valence-electron chi connectivity index (χ0n) is 13.9. The summed E-state index contributed by atoms with van der Waals surface area (Å²) in [5.74, 6) is -0.273. The maximum absolute atomic E-state index is 12.5. The number of benzene rings is 2. The van der Waals surface area contributed by atoms with Gasteiger partial charge in [0.25, 0.3) is 5.91 Å². The van der Waals surface area contributed by atoms with E-state index in [1.54, 1.807) is 24.3 Å². The van der Waals surface area contributed by atoms with E-state index in [4.69, 9.17) is 0 Å². The van der Waals surface area contributed by atoms with Crippen molar-refractivity contribution in [2.75, 3.05) is 5.32 Å². The van der Waals surface area contributed by atoms with Gasteiger partial charge in [0.2, 0.25) is 5.91 Å². The van der Waals surface area contributed by atoms with E-state index in [2.05, 4.69) is 27.8 Å². The number of H-pyrrole nitrogens is 1. The van der Waals surface area contributed by atoms with Gasteiger partial charge in [-0.3, -0.25) is 9.59 Å². The van der Waals surface area contributed by atoms with Gasteiger partial charge in [0, 0.05) is 47.2 Å². The van der Waals surface area contributed by atoms with Crippen LogP contribution in [0.4, 0.5) is 5.69 Å². The van der Waals surface area contributed by atoms with Gasteiger partial charge in [-0.1, -0.05) is 24.3 Å². The number of hydrogen-bond acceptors (Lipinski definition) is 2. The normalized spacial score (nSPS) is 15.8. The lowest BCUT2D eigenvalue weighted by Gasteiger charge is -2.13. The summed E-state index contributed by atoms with van der Waals surface area (Å²) in [6, 6.07) is 15.3. The SMILES string of the molecule is CC(=O)Nc1cccc(C(=O)NC2Cc3[nH]c4ccccc4c3C2)c1. The van der Waals surface area contributed by atoms with Crippen LogP contribution in [0.2, 0.25) is 0 Å². The highest BCUT2D eigenvalue weighted by atomic mass is 16.2. The summed E-state index contributed by atoms with van der Waals surface area (Å²) in [4.78, 5) is 27.2. The molecule has 0 saturated heterocycles. The largest absolute Gasteiger partial charge is 0.358 e. The molecule has 0 aliphatic heterocycles. The van der Waals surface area contributed by atoms with Crippen LogP contribution in [0.3, 0.4) is 0 Å². The van der Waals surface area contributed by atoms with Crippen molar-refractivity contribution in [1.82, 2.24) is 10.3 Å². The molecule has 0 fully saturated rings. The van der Waals surface area contributed by atoms with Crippen LogP contribution in [-0.4, -0.2) is 22.8 Å². The van der Waals surface area contributed by atoms with E-state index in [-0.39, 0.29) is 17.9 Å². The van der Waals surface area contributed by atoms with E-state index in [1.807, 2.05) is 12.1 Å². The number of fused-ring (bicyclic) bond motifs is 3. The molecule has 3 N–H and O–H groups in total. The minimum atomic E-state index is -0.154. The third-order valence-electron chi connectivity index (χ3n) is 4.58. The summed E-state index contributed by atoms with van der Waals surface area (Å²) in [5, 5.41) is 7.04. The monoisotopic (exact) mass is 333 g/mol. The quantitative estimate of drug-likeness (QED) is 0.689. The lowest BCUT2D eigenvalue weighted by atomic mass is 10.1. The van der Waals surface area contributed by atoms with E-state index < -0.39 is 0 Å². The van der Waals surface area contributed by atoms with Crippen LogP contribution in [0.5, 0.6) is 0 Å². The number of rotatable bonds is 3. The first-order valence-corrected chi connectivity index (χ1v) is 8.37. The second-order valence-corrected chi connectivity index (χ2v) is 6.47. The third kappa shape index (κ3) is 3.01. The van der Waals surface area contributed by atoms with E-state index in [0.717, 1.165) is 18.4 Å². The summed E-state index contributed by atoms with van der Waals surface area (Å²) < 4.78 is 0. The molecule has 1 aromatic heterocycles. The predicted molar refractivity (Wildman–Crippen MR) is 97.7 cm³/mol. The molecule has 0 spiro atoms. The van der Waals surface area contributed by atoms with Crippen molar-refractivity contribution in [2.24, 2.45) is 0 Å². The van der Waals surface area contributed by atoms with Gasteiger partial charge in [0.05, 0.1) is 0 Å². The van der Waals surface area contributed by atoms with E-state index in [0.29, 0.717) is 11.3 Å². The van der Waals surface area contributed by atoms with Gasteiger partial charge in [0.1, 0.15) is 0 Å². The minimum Gasteiger partial charge on any atom is -0.358 e. The van der Waals surface area contributed by atoms with Crippen molar-refractivity contribution in [1.29, 1.82) is 0 Å². The Morgan fingerprint density at radius 2 is 1.92 bits per heavy atom. The molecule has 25 heavy (non-hydrogen) atoms. The van der Waals surface area contributed by atoms with Gasteiger partial charge in [-0.05, 0) is 36.2 Å². The molecule has 1 aliphatic carbocycles. The highest BCUT2D eigenvalue weighted by Gasteiger charge is 2.26. The molecule has 1 atom stereocenters. The number of nitrogens with one attached hydrogen (secondary N) is 3. The molecule has 126 valence electrons.